The van der Waals surface area contributed by atoms with E-state index >= 15 is 0 Å². The maximum absolute atomic E-state index is 11.4. The van der Waals surface area contributed by atoms with E-state index < -0.39 is 5.91 Å². The van der Waals surface area contributed by atoms with Gasteiger partial charge in [-0.2, -0.15) is 15.4 Å². The smallest absolute Gasteiger partial charge is 0.248 e. The van der Waals surface area contributed by atoms with E-state index in [0.717, 1.165) is 16.6 Å². The number of aryl methyl sites for hydroxylation is 1. The summed E-state index contributed by atoms with van der Waals surface area (Å²) < 4.78 is 0. The molecule has 3 aromatic rings. The molecule has 1 heterocycles. The predicted octanol–water partition coefficient (Wildman–Crippen LogP) is 2.03. The molecule has 5 nitrogen and oxygen atoms in total. The molecule has 0 bridgehead atoms. The molecule has 0 saturated heterocycles. The average molecular weight is 252 g/mol. The summed E-state index contributed by atoms with van der Waals surface area (Å²) in [5.74, 6) is -0.474. The van der Waals surface area contributed by atoms with E-state index in [1.807, 2.05) is 31.2 Å². The SMILES string of the molecule is Cc1ccc(-c2cc(C(N)=O)cc3n[nH]nc23)cc1. The van der Waals surface area contributed by atoms with Gasteiger partial charge in [-0.3, -0.25) is 4.79 Å². The predicted molar refractivity (Wildman–Crippen MR) is 72.6 cm³/mol. The Bertz CT molecular complexity index is 759. The Morgan fingerprint density at radius 3 is 2.58 bits per heavy atom. The van der Waals surface area contributed by atoms with Crippen molar-refractivity contribution in [2.75, 3.05) is 0 Å². The van der Waals surface area contributed by atoms with Crippen LogP contribution in [0.1, 0.15) is 15.9 Å². The van der Waals surface area contributed by atoms with Crippen molar-refractivity contribution >= 4 is 16.9 Å². The van der Waals surface area contributed by atoms with Crippen LogP contribution in [0, 0.1) is 6.92 Å². The number of primary amides is 1. The lowest BCUT2D eigenvalue weighted by molar-refractivity contribution is 0.100. The number of nitrogens with zero attached hydrogens (tertiary/aromatic N) is 2. The van der Waals surface area contributed by atoms with E-state index in [4.69, 9.17) is 5.73 Å². The molecule has 3 N–H and O–H groups in total. The maximum atomic E-state index is 11.4. The number of benzene rings is 2. The van der Waals surface area contributed by atoms with Gasteiger partial charge in [0, 0.05) is 11.1 Å². The Kier molecular flexibility index (Phi) is 2.52. The van der Waals surface area contributed by atoms with Crippen LogP contribution in [0.3, 0.4) is 0 Å². The fraction of sp³-hybridized carbons (Fsp3) is 0.0714. The lowest BCUT2D eigenvalue weighted by atomic mass is 10.00. The van der Waals surface area contributed by atoms with E-state index in [1.54, 1.807) is 12.1 Å². The number of carbonyl (C=O) groups is 1. The Morgan fingerprint density at radius 1 is 1.16 bits per heavy atom. The fourth-order valence-electron chi connectivity index (χ4n) is 2.05. The highest BCUT2D eigenvalue weighted by atomic mass is 16.1. The standard InChI is InChI=1S/C14H12N4O/c1-8-2-4-9(5-3-8)11-6-10(14(15)19)7-12-13(11)17-18-16-12/h2-7H,1H3,(H2,15,19)(H,16,17,18). The fourth-order valence-corrected chi connectivity index (χ4v) is 2.05. The van der Waals surface area contributed by atoms with Crippen molar-refractivity contribution in [3.05, 3.63) is 47.5 Å². The van der Waals surface area contributed by atoms with Gasteiger partial charge >= 0.3 is 0 Å². The zero-order valence-corrected chi connectivity index (χ0v) is 10.3. The summed E-state index contributed by atoms with van der Waals surface area (Å²) in [5.41, 5.74) is 10.1. The molecule has 0 aliphatic heterocycles. The van der Waals surface area contributed by atoms with Gasteiger partial charge in [-0.1, -0.05) is 29.8 Å². The van der Waals surface area contributed by atoms with E-state index in [1.165, 1.54) is 5.56 Å². The van der Waals surface area contributed by atoms with Gasteiger partial charge in [0.2, 0.25) is 5.91 Å². The molecule has 0 fully saturated rings. The Morgan fingerprint density at radius 2 is 1.89 bits per heavy atom. The van der Waals surface area contributed by atoms with E-state index in [0.29, 0.717) is 11.1 Å². The molecule has 0 atom stereocenters. The molecule has 0 spiro atoms. The molecule has 0 unspecified atom stereocenters. The van der Waals surface area contributed by atoms with Crippen LogP contribution in [-0.4, -0.2) is 21.3 Å². The summed E-state index contributed by atoms with van der Waals surface area (Å²) in [6.07, 6.45) is 0. The van der Waals surface area contributed by atoms with E-state index in [9.17, 15) is 4.79 Å². The summed E-state index contributed by atoms with van der Waals surface area (Å²) in [6, 6.07) is 11.4. The Labute approximate surface area is 109 Å². The number of rotatable bonds is 2. The van der Waals surface area contributed by atoms with Gasteiger partial charge in [0.15, 0.2) is 0 Å². The van der Waals surface area contributed by atoms with E-state index in [2.05, 4.69) is 15.4 Å². The second kappa shape index (κ2) is 4.20. The number of H-pyrrole nitrogens is 1. The quantitative estimate of drug-likeness (QED) is 0.731. The van der Waals surface area contributed by atoms with Gasteiger partial charge in [-0.15, -0.1) is 0 Å². The first kappa shape index (κ1) is 11.4. The first-order valence-electron chi connectivity index (χ1n) is 5.86. The molecule has 1 aromatic heterocycles. The number of fused-ring (bicyclic) bond motifs is 1. The van der Waals surface area contributed by atoms with Crippen molar-refractivity contribution in [3.63, 3.8) is 0 Å². The molecule has 0 aliphatic rings. The molecule has 0 radical (unpaired) electrons. The minimum absolute atomic E-state index is 0.428. The number of aromatic amines is 1. The van der Waals surface area contributed by atoms with Crippen molar-refractivity contribution in [2.45, 2.75) is 6.92 Å². The van der Waals surface area contributed by atoms with Crippen molar-refractivity contribution < 1.29 is 4.79 Å². The van der Waals surface area contributed by atoms with Gasteiger partial charge in [0.1, 0.15) is 11.0 Å². The van der Waals surface area contributed by atoms with Crippen molar-refractivity contribution in [1.29, 1.82) is 0 Å². The molecule has 0 saturated carbocycles. The van der Waals surface area contributed by atoms with Gasteiger partial charge in [-0.25, -0.2) is 0 Å². The third-order valence-electron chi connectivity index (χ3n) is 3.07. The molecule has 3 rings (SSSR count). The van der Waals surface area contributed by atoms with Crippen LogP contribution in [-0.2, 0) is 0 Å². The molecule has 1 amide bonds. The number of aromatic nitrogens is 3. The third kappa shape index (κ3) is 1.95. The normalized spacial score (nSPS) is 10.8. The first-order chi connectivity index (χ1) is 9.15. The zero-order valence-electron chi connectivity index (χ0n) is 10.3. The van der Waals surface area contributed by atoms with Gasteiger partial charge in [-0.05, 0) is 24.6 Å². The Balaban J connectivity index is 2.29. The van der Waals surface area contributed by atoms with E-state index in [-0.39, 0.29) is 0 Å². The van der Waals surface area contributed by atoms with Gasteiger partial charge < -0.3 is 5.73 Å². The van der Waals surface area contributed by atoms with Crippen LogP contribution in [0.2, 0.25) is 0 Å². The number of nitrogens with one attached hydrogen (secondary N) is 1. The average Bonchev–Trinajstić information content (AvgIpc) is 2.86. The summed E-state index contributed by atoms with van der Waals surface area (Å²) >= 11 is 0. The molecular weight excluding hydrogens is 240 g/mol. The molecular formula is C14H12N4O. The summed E-state index contributed by atoms with van der Waals surface area (Å²) in [5, 5.41) is 10.7. The van der Waals surface area contributed by atoms with Gasteiger partial charge in [0.25, 0.3) is 0 Å². The zero-order chi connectivity index (χ0) is 13.4. The largest absolute Gasteiger partial charge is 0.366 e. The highest BCUT2D eigenvalue weighted by Crippen LogP contribution is 2.27. The van der Waals surface area contributed by atoms with Crippen LogP contribution >= 0.6 is 0 Å². The highest BCUT2D eigenvalue weighted by Gasteiger charge is 2.12. The minimum atomic E-state index is -0.474. The van der Waals surface area contributed by atoms with Crippen molar-refractivity contribution in [2.24, 2.45) is 5.73 Å². The van der Waals surface area contributed by atoms with Crippen molar-refractivity contribution in [3.8, 4) is 11.1 Å². The molecule has 19 heavy (non-hydrogen) atoms. The highest BCUT2D eigenvalue weighted by molar-refractivity contribution is 6.01. The number of amides is 1. The molecule has 2 aromatic carbocycles. The summed E-state index contributed by atoms with van der Waals surface area (Å²) in [7, 11) is 0. The van der Waals surface area contributed by atoms with Crippen LogP contribution in [0.5, 0.6) is 0 Å². The number of carbonyl (C=O) groups excluding carboxylic acids is 1. The van der Waals surface area contributed by atoms with Crippen LogP contribution in [0.4, 0.5) is 0 Å². The maximum Gasteiger partial charge on any atom is 0.248 e. The van der Waals surface area contributed by atoms with Crippen molar-refractivity contribution in [1.82, 2.24) is 15.4 Å². The van der Waals surface area contributed by atoms with Crippen LogP contribution in [0.25, 0.3) is 22.2 Å². The molecule has 94 valence electrons. The van der Waals surface area contributed by atoms with Gasteiger partial charge in [0.05, 0.1) is 0 Å². The summed E-state index contributed by atoms with van der Waals surface area (Å²) in [4.78, 5) is 11.4. The first-order valence-corrected chi connectivity index (χ1v) is 5.86. The second-order valence-electron chi connectivity index (χ2n) is 4.45. The number of hydrogen-bond donors (Lipinski definition) is 2. The molecule has 0 aliphatic carbocycles. The third-order valence-corrected chi connectivity index (χ3v) is 3.07. The number of nitrogens with two attached hydrogens (primary N) is 1. The minimum Gasteiger partial charge on any atom is -0.366 e. The lowest BCUT2D eigenvalue weighted by Crippen LogP contribution is -2.10. The topological polar surface area (TPSA) is 84.7 Å². The van der Waals surface area contributed by atoms with Crippen LogP contribution in [0.15, 0.2) is 36.4 Å². The van der Waals surface area contributed by atoms with Crippen LogP contribution < -0.4 is 5.73 Å². The summed E-state index contributed by atoms with van der Waals surface area (Å²) in [6.45, 7) is 2.02. The Hall–Kier alpha value is -2.69. The lowest BCUT2D eigenvalue weighted by Gasteiger charge is -2.05. The monoisotopic (exact) mass is 252 g/mol. The number of hydrogen-bond acceptors (Lipinski definition) is 3. The molecule has 5 heteroatoms. The second-order valence-corrected chi connectivity index (χ2v) is 4.45.